The minimum Gasteiger partial charge on any atom is -0.481 e. The van der Waals surface area contributed by atoms with Gasteiger partial charge in [-0.1, -0.05) is 44.2 Å². The number of aliphatic carboxylic acids is 4. The minimum atomic E-state index is -1.95. The Morgan fingerprint density at radius 2 is 1.04 bits per heavy atom. The van der Waals surface area contributed by atoms with Gasteiger partial charge in [-0.25, -0.2) is 4.79 Å². The van der Waals surface area contributed by atoms with Crippen LogP contribution in [0.15, 0.2) is 35.3 Å². The fraction of sp³-hybridized carbons (Fsp3) is 0.548. The van der Waals surface area contributed by atoms with Gasteiger partial charge in [0.25, 0.3) is 0 Å². The van der Waals surface area contributed by atoms with Gasteiger partial charge in [-0.05, 0) is 50.5 Å². The Kier molecular flexibility index (Phi) is 26.8. The van der Waals surface area contributed by atoms with E-state index in [-0.39, 0.29) is 44.1 Å². The topological polar surface area (TPSA) is 472 Å². The normalized spacial score (nSPS) is 13.7. The standard InChI is InChI=1S/C42H64N12O16/c1-21(2)16-27(39(67)53-28(17-23-8-5-4-6-9-23)40(68)52-26(12-14-33(59)60)38(66)54-29(41(69)70)18-34(61)62)49-31(56)20-47-36(64)24(10-7-15-46-42(44)45)51-37(65)25(11-13-32(57)58)50-35(63)22(3)48-30(55)19-43/h4-6,8-9,21-22,24-29H,7,10-20,43H2,1-3H3,(H,47,64)(H,48,55)(H,49,56)(H,50,63)(H,51,65)(H,52,68)(H,53,67)(H,54,66)(H,57,58)(H,59,60)(H,61,62)(H,69,70)(H4,44,45,46)/t22-,24-,25-,26-,27-,28-,29-/m0/s1. The van der Waals surface area contributed by atoms with Gasteiger partial charge < -0.3 is 80.2 Å². The molecule has 18 N–H and O–H groups in total. The van der Waals surface area contributed by atoms with E-state index < -0.39 is 159 Å². The first-order chi connectivity index (χ1) is 32.8. The van der Waals surface area contributed by atoms with Crippen molar-refractivity contribution in [3.8, 4) is 0 Å². The maximum atomic E-state index is 13.9. The number of rotatable bonds is 33. The first kappa shape index (κ1) is 60.1. The lowest BCUT2D eigenvalue weighted by molar-refractivity contribution is -0.147. The quantitative estimate of drug-likeness (QED) is 0.0178. The summed E-state index contributed by atoms with van der Waals surface area (Å²) in [6.45, 7) is 3.46. The van der Waals surface area contributed by atoms with Gasteiger partial charge in [0.15, 0.2) is 5.96 Å². The van der Waals surface area contributed by atoms with Crippen LogP contribution in [-0.4, -0.2) is 159 Å². The molecule has 0 fully saturated rings. The Morgan fingerprint density at radius 1 is 0.557 bits per heavy atom. The number of guanidine groups is 1. The highest BCUT2D eigenvalue weighted by Gasteiger charge is 2.34. The van der Waals surface area contributed by atoms with Crippen LogP contribution in [0.25, 0.3) is 0 Å². The molecule has 0 heterocycles. The molecule has 1 aromatic rings. The van der Waals surface area contributed by atoms with Crippen LogP contribution in [0.2, 0.25) is 0 Å². The van der Waals surface area contributed by atoms with E-state index in [1.165, 1.54) is 6.92 Å². The number of amides is 8. The Balaban J connectivity index is 3.38. The van der Waals surface area contributed by atoms with E-state index in [0.29, 0.717) is 5.56 Å². The molecule has 0 saturated heterocycles. The third-order valence-electron chi connectivity index (χ3n) is 9.79. The second-order valence-electron chi connectivity index (χ2n) is 16.2. The third kappa shape index (κ3) is 24.7. The number of carbonyl (C=O) groups is 12. The number of nitrogens with two attached hydrogens (primary N) is 3. The van der Waals surface area contributed by atoms with Crippen molar-refractivity contribution >= 4 is 77.1 Å². The number of aliphatic imine (C=N–C) groups is 1. The van der Waals surface area contributed by atoms with Gasteiger partial charge in [0, 0.05) is 25.8 Å². The molecule has 0 aliphatic rings. The van der Waals surface area contributed by atoms with Crippen LogP contribution < -0.4 is 59.7 Å². The lowest BCUT2D eigenvalue weighted by Crippen LogP contribution is -2.59. The Bertz CT molecular complexity index is 2050. The van der Waals surface area contributed by atoms with Crippen LogP contribution in [0.1, 0.15) is 77.7 Å². The number of benzene rings is 1. The second-order valence-corrected chi connectivity index (χ2v) is 16.2. The lowest BCUT2D eigenvalue weighted by Gasteiger charge is -2.27. The highest BCUT2D eigenvalue weighted by Crippen LogP contribution is 2.10. The van der Waals surface area contributed by atoms with Crippen LogP contribution in [-0.2, 0) is 64.0 Å². The van der Waals surface area contributed by atoms with Gasteiger partial charge in [0.05, 0.1) is 19.5 Å². The zero-order chi connectivity index (χ0) is 53.1. The van der Waals surface area contributed by atoms with Crippen LogP contribution in [0.4, 0.5) is 0 Å². The number of carbonyl (C=O) groups excluding carboxylic acids is 8. The van der Waals surface area contributed by atoms with Crippen molar-refractivity contribution in [3.05, 3.63) is 35.9 Å². The van der Waals surface area contributed by atoms with E-state index in [1.807, 2.05) is 5.32 Å². The van der Waals surface area contributed by atoms with Crippen LogP contribution >= 0.6 is 0 Å². The molecule has 0 bridgehead atoms. The molecule has 0 aliphatic heterocycles. The number of carboxylic acids is 4. The van der Waals surface area contributed by atoms with E-state index in [4.69, 9.17) is 22.3 Å². The zero-order valence-electron chi connectivity index (χ0n) is 38.9. The maximum Gasteiger partial charge on any atom is 0.326 e. The highest BCUT2D eigenvalue weighted by molar-refractivity contribution is 5.97. The van der Waals surface area contributed by atoms with Crippen molar-refractivity contribution in [3.63, 3.8) is 0 Å². The summed E-state index contributed by atoms with van der Waals surface area (Å²) in [5.41, 5.74) is 16.6. The molecule has 1 rings (SSSR count). The molecule has 1 aromatic carbocycles. The monoisotopic (exact) mass is 992 g/mol. The molecular formula is C42H64N12O16. The van der Waals surface area contributed by atoms with Crippen molar-refractivity contribution in [1.82, 2.24) is 42.5 Å². The first-order valence-corrected chi connectivity index (χ1v) is 21.9. The highest BCUT2D eigenvalue weighted by atomic mass is 16.4. The van der Waals surface area contributed by atoms with Crippen LogP contribution in [0.5, 0.6) is 0 Å². The predicted octanol–water partition coefficient (Wildman–Crippen LogP) is -4.89. The molecule has 0 aromatic heterocycles. The van der Waals surface area contributed by atoms with E-state index in [1.54, 1.807) is 44.2 Å². The van der Waals surface area contributed by atoms with Crippen molar-refractivity contribution in [2.45, 2.75) is 121 Å². The molecule has 28 nitrogen and oxygen atoms in total. The van der Waals surface area contributed by atoms with E-state index in [2.05, 4.69) is 42.2 Å². The largest absolute Gasteiger partial charge is 0.481 e. The maximum absolute atomic E-state index is 13.9. The molecule has 0 aliphatic carbocycles. The SMILES string of the molecule is CC(C)C[C@H](NC(=O)CNC(=O)[C@H](CCCN=C(N)N)NC(=O)[C@H](CCC(=O)O)NC(=O)[C@H](C)NC(=O)CN)C(=O)N[C@@H](Cc1ccccc1)C(=O)N[C@@H](CCC(=O)O)C(=O)N[C@@H](CC(=O)O)C(=O)O. The van der Waals surface area contributed by atoms with Crippen LogP contribution in [0.3, 0.4) is 0 Å². The van der Waals surface area contributed by atoms with Gasteiger partial charge in [-0.2, -0.15) is 0 Å². The summed E-state index contributed by atoms with van der Waals surface area (Å²) in [6.07, 6.45) is -3.67. The number of hydrogen-bond donors (Lipinski definition) is 15. The van der Waals surface area contributed by atoms with E-state index >= 15 is 0 Å². The van der Waals surface area contributed by atoms with Gasteiger partial charge in [-0.3, -0.25) is 57.7 Å². The average Bonchev–Trinajstić information content (AvgIpc) is 3.27. The predicted molar refractivity (Wildman–Crippen MR) is 244 cm³/mol. The number of carboxylic acid groups (broad SMARTS) is 4. The van der Waals surface area contributed by atoms with Crippen molar-refractivity contribution in [2.24, 2.45) is 28.1 Å². The summed E-state index contributed by atoms with van der Waals surface area (Å²) in [7, 11) is 0. The molecule has 0 saturated carbocycles. The fourth-order valence-electron chi connectivity index (χ4n) is 6.27. The summed E-state index contributed by atoms with van der Waals surface area (Å²) in [5, 5.41) is 55.9. The smallest absolute Gasteiger partial charge is 0.326 e. The Labute approximate surface area is 401 Å². The summed E-state index contributed by atoms with van der Waals surface area (Å²) in [4.78, 5) is 156. The Morgan fingerprint density at radius 3 is 1.53 bits per heavy atom. The van der Waals surface area contributed by atoms with E-state index in [9.17, 15) is 72.9 Å². The number of nitrogens with one attached hydrogen (secondary N) is 8. The Hall–Kier alpha value is -7.91. The molecule has 7 atom stereocenters. The van der Waals surface area contributed by atoms with Gasteiger partial charge in [-0.15, -0.1) is 0 Å². The number of hydrogen-bond acceptors (Lipinski definition) is 14. The molecule has 0 unspecified atom stereocenters. The molecule has 8 amide bonds. The summed E-state index contributed by atoms with van der Waals surface area (Å²) in [6, 6.07) is -2.59. The lowest BCUT2D eigenvalue weighted by atomic mass is 10.0. The zero-order valence-corrected chi connectivity index (χ0v) is 38.9. The summed E-state index contributed by atoms with van der Waals surface area (Å²) in [5.74, 6) is -14.2. The van der Waals surface area contributed by atoms with Crippen molar-refractivity contribution in [1.29, 1.82) is 0 Å². The average molecular weight is 993 g/mol. The molecule has 0 spiro atoms. The molecule has 28 heteroatoms. The molecule has 388 valence electrons. The summed E-state index contributed by atoms with van der Waals surface area (Å²) >= 11 is 0. The summed E-state index contributed by atoms with van der Waals surface area (Å²) < 4.78 is 0. The van der Waals surface area contributed by atoms with Crippen molar-refractivity contribution < 1.29 is 78.0 Å². The minimum absolute atomic E-state index is 0.0105. The second kappa shape index (κ2) is 31.2. The molecular weight excluding hydrogens is 929 g/mol. The van der Waals surface area contributed by atoms with Gasteiger partial charge in [0.1, 0.15) is 42.3 Å². The number of nitrogens with zero attached hydrogens (tertiary/aromatic N) is 1. The van der Waals surface area contributed by atoms with Crippen LogP contribution in [0, 0.1) is 5.92 Å². The molecule has 70 heavy (non-hydrogen) atoms. The van der Waals surface area contributed by atoms with Crippen molar-refractivity contribution in [2.75, 3.05) is 19.6 Å². The van der Waals surface area contributed by atoms with Gasteiger partial charge >= 0.3 is 23.9 Å². The van der Waals surface area contributed by atoms with E-state index in [0.717, 1.165) is 0 Å². The fourth-order valence-corrected chi connectivity index (χ4v) is 6.27. The van der Waals surface area contributed by atoms with Gasteiger partial charge in [0.2, 0.25) is 47.3 Å². The third-order valence-corrected chi connectivity index (χ3v) is 9.79. The molecule has 0 radical (unpaired) electrons. The first-order valence-electron chi connectivity index (χ1n) is 21.9.